The molecule has 31 heavy (non-hydrogen) atoms. The molecular formula is C22H26FN3O4S. The number of benzene rings is 1. The minimum Gasteiger partial charge on any atom is -0.444 e. The summed E-state index contributed by atoms with van der Waals surface area (Å²) in [7, 11) is 1.52. The van der Waals surface area contributed by atoms with Crippen LogP contribution < -0.4 is 5.32 Å². The predicted octanol–water partition coefficient (Wildman–Crippen LogP) is 3.89. The molecule has 1 aromatic carbocycles. The number of hydrogen-bond acceptors (Lipinski definition) is 5. The van der Waals surface area contributed by atoms with Gasteiger partial charge >= 0.3 is 6.09 Å². The first-order chi connectivity index (χ1) is 14.5. The fourth-order valence-corrected chi connectivity index (χ4v) is 3.97. The van der Waals surface area contributed by atoms with Crippen LogP contribution in [0.1, 0.15) is 41.6 Å². The van der Waals surface area contributed by atoms with Gasteiger partial charge in [-0.15, -0.1) is 11.3 Å². The van der Waals surface area contributed by atoms with Crippen molar-refractivity contribution in [1.82, 2.24) is 9.80 Å². The Hall–Kier alpha value is -2.94. The number of nitrogens with one attached hydrogen (secondary N) is 1. The van der Waals surface area contributed by atoms with Crippen LogP contribution in [0.25, 0.3) is 0 Å². The van der Waals surface area contributed by atoms with Gasteiger partial charge in [0, 0.05) is 20.1 Å². The number of halogens is 1. The van der Waals surface area contributed by atoms with Gasteiger partial charge in [0.05, 0.1) is 17.1 Å². The van der Waals surface area contributed by atoms with Crippen molar-refractivity contribution < 1.29 is 23.5 Å². The first kappa shape index (κ1) is 22.7. The molecule has 0 saturated heterocycles. The third-order valence-corrected chi connectivity index (χ3v) is 5.58. The van der Waals surface area contributed by atoms with Crippen molar-refractivity contribution in [3.8, 4) is 0 Å². The molecule has 9 heteroatoms. The Morgan fingerprint density at radius 2 is 2.00 bits per heavy atom. The lowest BCUT2D eigenvalue weighted by atomic mass is 9.98. The SMILES string of the molecule is CN(CC(=O)Nc1ccc2c(c1F)CCN(C(=O)OC(C)(C)C)C2)C(=O)c1cccs1. The number of hydrogen-bond donors (Lipinski definition) is 1. The summed E-state index contributed by atoms with van der Waals surface area (Å²) in [6.45, 7) is 5.76. The van der Waals surface area contributed by atoms with Crippen molar-refractivity contribution in [3.05, 3.63) is 51.5 Å². The van der Waals surface area contributed by atoms with E-state index in [4.69, 9.17) is 4.74 Å². The van der Waals surface area contributed by atoms with Gasteiger partial charge in [0.1, 0.15) is 11.4 Å². The zero-order chi connectivity index (χ0) is 22.8. The molecule has 0 radical (unpaired) electrons. The fourth-order valence-electron chi connectivity index (χ4n) is 3.26. The Balaban J connectivity index is 1.64. The van der Waals surface area contributed by atoms with Crippen LogP contribution in [0.4, 0.5) is 14.9 Å². The second-order valence-corrected chi connectivity index (χ2v) is 9.35. The zero-order valence-corrected chi connectivity index (χ0v) is 18.8. The van der Waals surface area contributed by atoms with E-state index in [-0.39, 0.29) is 24.7 Å². The van der Waals surface area contributed by atoms with Gasteiger partial charge in [-0.1, -0.05) is 12.1 Å². The lowest BCUT2D eigenvalue weighted by Crippen LogP contribution is -2.40. The van der Waals surface area contributed by atoms with Crippen LogP contribution in [0.15, 0.2) is 29.6 Å². The molecule has 0 spiro atoms. The number of carbonyl (C=O) groups excluding carboxylic acids is 3. The van der Waals surface area contributed by atoms with E-state index >= 15 is 4.39 Å². The van der Waals surface area contributed by atoms with Crippen LogP contribution in [0.5, 0.6) is 0 Å². The molecule has 1 aliphatic rings. The highest BCUT2D eigenvalue weighted by molar-refractivity contribution is 7.12. The maximum atomic E-state index is 15.0. The Morgan fingerprint density at radius 1 is 1.26 bits per heavy atom. The van der Waals surface area contributed by atoms with Crippen LogP contribution in [0.2, 0.25) is 0 Å². The van der Waals surface area contributed by atoms with Gasteiger partial charge in [0.2, 0.25) is 5.91 Å². The first-order valence-corrected chi connectivity index (χ1v) is 10.8. The molecule has 0 fully saturated rings. The topological polar surface area (TPSA) is 79.0 Å². The molecule has 3 rings (SSSR count). The highest BCUT2D eigenvalue weighted by atomic mass is 32.1. The van der Waals surface area contributed by atoms with Gasteiger partial charge in [0.15, 0.2) is 0 Å². The molecule has 0 atom stereocenters. The minimum atomic E-state index is -0.602. The third kappa shape index (κ3) is 5.61. The van der Waals surface area contributed by atoms with Crippen molar-refractivity contribution in [2.75, 3.05) is 25.5 Å². The van der Waals surface area contributed by atoms with E-state index in [9.17, 15) is 14.4 Å². The van der Waals surface area contributed by atoms with Crippen molar-refractivity contribution in [1.29, 1.82) is 0 Å². The third-order valence-electron chi connectivity index (χ3n) is 4.72. The van der Waals surface area contributed by atoms with Crippen LogP contribution in [-0.4, -0.2) is 53.4 Å². The quantitative estimate of drug-likeness (QED) is 0.771. The van der Waals surface area contributed by atoms with E-state index in [1.54, 1.807) is 44.4 Å². The number of anilines is 1. The Bertz CT molecular complexity index is 985. The van der Waals surface area contributed by atoms with E-state index in [0.717, 1.165) is 0 Å². The molecule has 0 aliphatic carbocycles. The molecule has 3 amide bonds. The predicted molar refractivity (Wildman–Crippen MR) is 117 cm³/mol. The highest BCUT2D eigenvalue weighted by Crippen LogP contribution is 2.28. The summed E-state index contributed by atoms with van der Waals surface area (Å²) in [6, 6.07) is 6.63. The number of likely N-dealkylation sites (N-methyl/N-ethyl adjacent to an activating group) is 1. The van der Waals surface area contributed by atoms with Crippen molar-refractivity contribution in [3.63, 3.8) is 0 Å². The molecule has 7 nitrogen and oxygen atoms in total. The second kappa shape index (κ2) is 9.05. The van der Waals surface area contributed by atoms with Gasteiger partial charge in [-0.25, -0.2) is 9.18 Å². The number of nitrogens with zero attached hydrogens (tertiary/aromatic N) is 2. The van der Waals surface area contributed by atoms with Crippen LogP contribution in [0.3, 0.4) is 0 Å². The van der Waals surface area contributed by atoms with E-state index in [1.165, 1.54) is 34.3 Å². The molecule has 2 aromatic rings. The van der Waals surface area contributed by atoms with Crippen LogP contribution >= 0.6 is 11.3 Å². The number of carbonyl (C=O) groups is 3. The number of thiophene rings is 1. The Kier molecular flexibility index (Phi) is 6.64. The minimum absolute atomic E-state index is 0.0615. The summed E-state index contributed by atoms with van der Waals surface area (Å²) in [5.74, 6) is -1.27. The van der Waals surface area contributed by atoms with Crippen LogP contribution in [0, 0.1) is 5.82 Å². The maximum absolute atomic E-state index is 15.0. The van der Waals surface area contributed by atoms with Gasteiger partial charge in [-0.05, 0) is 55.8 Å². The molecule has 0 unspecified atom stereocenters. The summed E-state index contributed by atoms with van der Waals surface area (Å²) in [5, 5.41) is 4.33. The summed E-state index contributed by atoms with van der Waals surface area (Å²) >= 11 is 1.29. The zero-order valence-electron chi connectivity index (χ0n) is 18.0. The Morgan fingerprint density at radius 3 is 2.65 bits per heavy atom. The largest absolute Gasteiger partial charge is 0.444 e. The lowest BCUT2D eigenvalue weighted by molar-refractivity contribution is -0.116. The molecule has 2 heterocycles. The second-order valence-electron chi connectivity index (χ2n) is 8.40. The number of rotatable bonds is 4. The molecule has 1 N–H and O–H groups in total. The van der Waals surface area contributed by atoms with Gasteiger partial charge in [-0.3, -0.25) is 9.59 Å². The van der Waals surface area contributed by atoms with E-state index in [0.29, 0.717) is 29.0 Å². The molecule has 0 saturated carbocycles. The van der Waals surface area contributed by atoms with Crippen molar-refractivity contribution in [2.45, 2.75) is 39.3 Å². The van der Waals surface area contributed by atoms with Gasteiger partial charge < -0.3 is 19.9 Å². The normalized spacial score (nSPS) is 13.4. The molecule has 0 bridgehead atoms. The molecular weight excluding hydrogens is 421 g/mol. The van der Waals surface area contributed by atoms with Crippen molar-refractivity contribution in [2.24, 2.45) is 0 Å². The standard InChI is InChI=1S/C22H26FN3O4S/c1-22(2,3)30-21(29)26-10-9-15-14(12-26)7-8-16(19(15)23)24-18(27)13-25(4)20(28)17-6-5-11-31-17/h5-8,11H,9-10,12-13H2,1-4H3,(H,24,27). The maximum Gasteiger partial charge on any atom is 0.410 e. The van der Waals surface area contributed by atoms with E-state index < -0.39 is 23.4 Å². The van der Waals surface area contributed by atoms with Crippen molar-refractivity contribution >= 4 is 34.9 Å². The summed E-state index contributed by atoms with van der Waals surface area (Å²) in [5.41, 5.74) is 0.610. The summed E-state index contributed by atoms with van der Waals surface area (Å²) < 4.78 is 20.4. The molecule has 1 aliphatic heterocycles. The first-order valence-electron chi connectivity index (χ1n) is 9.92. The van der Waals surface area contributed by atoms with Gasteiger partial charge in [-0.2, -0.15) is 0 Å². The number of fused-ring (bicyclic) bond motifs is 1. The molecule has 166 valence electrons. The van der Waals surface area contributed by atoms with Gasteiger partial charge in [0.25, 0.3) is 5.91 Å². The van der Waals surface area contributed by atoms with Crippen LogP contribution in [-0.2, 0) is 22.5 Å². The number of ether oxygens (including phenoxy) is 1. The average molecular weight is 448 g/mol. The lowest BCUT2D eigenvalue weighted by Gasteiger charge is -2.31. The summed E-state index contributed by atoms with van der Waals surface area (Å²) in [6.07, 6.45) is -0.115. The smallest absolute Gasteiger partial charge is 0.410 e. The van der Waals surface area contributed by atoms with E-state index in [1.807, 2.05) is 0 Å². The summed E-state index contributed by atoms with van der Waals surface area (Å²) in [4.78, 5) is 40.3. The fraction of sp³-hybridized carbons (Fsp3) is 0.409. The Labute approximate surface area is 184 Å². The number of amides is 3. The molecule has 1 aromatic heterocycles. The highest BCUT2D eigenvalue weighted by Gasteiger charge is 2.28. The monoisotopic (exact) mass is 447 g/mol. The van der Waals surface area contributed by atoms with E-state index in [2.05, 4.69) is 5.32 Å². The average Bonchev–Trinajstić information content (AvgIpc) is 3.22.